The molecular formula is C17H19N5O2. The molecular weight excluding hydrogens is 306 g/mol. The van der Waals surface area contributed by atoms with Gasteiger partial charge in [0, 0.05) is 31.6 Å². The van der Waals surface area contributed by atoms with Gasteiger partial charge < -0.3 is 10.3 Å². The van der Waals surface area contributed by atoms with Gasteiger partial charge in [-0.3, -0.25) is 14.3 Å². The van der Waals surface area contributed by atoms with Crippen molar-refractivity contribution in [2.24, 2.45) is 7.05 Å². The second-order valence-corrected chi connectivity index (χ2v) is 5.77. The SMILES string of the molecule is C[C@@H](NC(=O)CCc1nc2ccccc2[nH]c1=O)c1cnn(C)c1. The van der Waals surface area contributed by atoms with E-state index in [0.29, 0.717) is 17.6 Å². The van der Waals surface area contributed by atoms with Crippen LogP contribution in [-0.4, -0.2) is 25.7 Å². The van der Waals surface area contributed by atoms with Gasteiger partial charge in [0.1, 0.15) is 5.69 Å². The van der Waals surface area contributed by atoms with Crippen molar-refractivity contribution in [3.8, 4) is 0 Å². The van der Waals surface area contributed by atoms with Crippen LogP contribution in [0, 0.1) is 0 Å². The van der Waals surface area contributed by atoms with Crippen LogP contribution < -0.4 is 10.9 Å². The zero-order valence-corrected chi connectivity index (χ0v) is 13.6. The number of benzene rings is 1. The lowest BCUT2D eigenvalue weighted by atomic mass is 10.1. The van der Waals surface area contributed by atoms with Crippen molar-refractivity contribution in [3.05, 3.63) is 58.3 Å². The van der Waals surface area contributed by atoms with E-state index in [4.69, 9.17) is 0 Å². The second-order valence-electron chi connectivity index (χ2n) is 5.77. The highest BCUT2D eigenvalue weighted by Crippen LogP contribution is 2.11. The van der Waals surface area contributed by atoms with Crippen LogP contribution in [0.4, 0.5) is 0 Å². The van der Waals surface area contributed by atoms with Crippen LogP contribution >= 0.6 is 0 Å². The van der Waals surface area contributed by atoms with Crippen LogP contribution in [0.3, 0.4) is 0 Å². The van der Waals surface area contributed by atoms with Crippen LogP contribution in [0.15, 0.2) is 41.5 Å². The molecule has 1 amide bonds. The second kappa shape index (κ2) is 6.66. The molecule has 7 nitrogen and oxygen atoms in total. The Kier molecular flexibility index (Phi) is 4.41. The number of aromatic amines is 1. The van der Waals surface area contributed by atoms with Crippen LogP contribution in [0.25, 0.3) is 11.0 Å². The van der Waals surface area contributed by atoms with Gasteiger partial charge in [0.15, 0.2) is 0 Å². The van der Waals surface area contributed by atoms with Crippen molar-refractivity contribution in [3.63, 3.8) is 0 Å². The summed E-state index contributed by atoms with van der Waals surface area (Å²) in [6, 6.07) is 7.20. The summed E-state index contributed by atoms with van der Waals surface area (Å²) in [5.74, 6) is -0.124. The van der Waals surface area contributed by atoms with Crippen molar-refractivity contribution in [1.29, 1.82) is 0 Å². The van der Waals surface area contributed by atoms with Gasteiger partial charge >= 0.3 is 0 Å². The highest BCUT2D eigenvalue weighted by atomic mass is 16.1. The van der Waals surface area contributed by atoms with Crippen LogP contribution in [0.1, 0.15) is 30.6 Å². The maximum absolute atomic E-state index is 12.1. The van der Waals surface area contributed by atoms with Gasteiger partial charge in [0.05, 0.1) is 23.3 Å². The minimum absolute atomic E-state index is 0.124. The molecule has 2 aromatic heterocycles. The Morgan fingerprint density at radius 2 is 2.17 bits per heavy atom. The zero-order chi connectivity index (χ0) is 17.1. The summed E-state index contributed by atoms with van der Waals surface area (Å²) in [5, 5.41) is 6.99. The first-order valence-corrected chi connectivity index (χ1v) is 7.79. The van der Waals surface area contributed by atoms with Crippen LogP contribution in [0.5, 0.6) is 0 Å². The van der Waals surface area contributed by atoms with Crippen molar-refractivity contribution in [2.75, 3.05) is 0 Å². The lowest BCUT2D eigenvalue weighted by molar-refractivity contribution is -0.121. The standard InChI is InChI=1S/C17H19N5O2/c1-11(12-9-18-22(2)10-12)19-16(23)8-7-15-17(24)21-14-6-4-3-5-13(14)20-15/h3-6,9-11H,7-8H2,1-2H3,(H,19,23)(H,21,24)/t11-/m1/s1. The van der Waals surface area contributed by atoms with Gasteiger partial charge in [-0.25, -0.2) is 4.98 Å². The molecule has 0 bridgehead atoms. The predicted molar refractivity (Wildman–Crippen MR) is 90.5 cm³/mol. The molecule has 2 heterocycles. The number of rotatable bonds is 5. The number of nitrogens with one attached hydrogen (secondary N) is 2. The first-order valence-electron chi connectivity index (χ1n) is 7.79. The molecule has 2 N–H and O–H groups in total. The number of carbonyl (C=O) groups excluding carboxylic acids is 1. The molecule has 0 radical (unpaired) electrons. The molecule has 1 aromatic carbocycles. The van der Waals surface area contributed by atoms with Crippen LogP contribution in [0.2, 0.25) is 0 Å². The van der Waals surface area contributed by atoms with E-state index in [1.54, 1.807) is 16.9 Å². The smallest absolute Gasteiger partial charge is 0.270 e. The first-order chi connectivity index (χ1) is 11.5. The lowest BCUT2D eigenvalue weighted by Gasteiger charge is -2.11. The van der Waals surface area contributed by atoms with Gasteiger partial charge in [-0.05, 0) is 19.1 Å². The summed E-state index contributed by atoms with van der Waals surface area (Å²) >= 11 is 0. The van der Waals surface area contributed by atoms with E-state index in [-0.39, 0.29) is 23.9 Å². The summed E-state index contributed by atoms with van der Waals surface area (Å²) in [4.78, 5) is 31.3. The topological polar surface area (TPSA) is 92.7 Å². The average molecular weight is 325 g/mol. The van der Waals surface area contributed by atoms with E-state index in [0.717, 1.165) is 11.1 Å². The fraction of sp³-hybridized carbons (Fsp3) is 0.294. The monoisotopic (exact) mass is 325 g/mol. The summed E-state index contributed by atoms with van der Waals surface area (Å²) in [5.41, 5.74) is 2.48. The number of H-pyrrole nitrogens is 1. The molecule has 0 aliphatic rings. The molecule has 124 valence electrons. The zero-order valence-electron chi connectivity index (χ0n) is 13.6. The van der Waals surface area contributed by atoms with E-state index in [1.807, 2.05) is 38.4 Å². The summed E-state index contributed by atoms with van der Waals surface area (Å²) in [6.45, 7) is 1.90. The van der Waals surface area contributed by atoms with Gasteiger partial charge in [0.25, 0.3) is 5.56 Å². The molecule has 1 atom stereocenters. The number of fused-ring (bicyclic) bond motifs is 1. The van der Waals surface area contributed by atoms with Crippen molar-refractivity contribution in [2.45, 2.75) is 25.8 Å². The molecule has 24 heavy (non-hydrogen) atoms. The minimum Gasteiger partial charge on any atom is -0.349 e. The Bertz CT molecular complexity index is 928. The number of aryl methyl sites for hydroxylation is 2. The summed E-state index contributed by atoms with van der Waals surface area (Å²) in [6.07, 6.45) is 4.09. The number of nitrogens with zero attached hydrogens (tertiary/aromatic N) is 3. The van der Waals surface area contributed by atoms with Gasteiger partial charge in [-0.2, -0.15) is 5.10 Å². The average Bonchev–Trinajstić information content (AvgIpc) is 2.99. The third-order valence-electron chi connectivity index (χ3n) is 3.86. The highest BCUT2D eigenvalue weighted by Gasteiger charge is 2.12. The molecule has 7 heteroatoms. The van der Waals surface area contributed by atoms with Crippen molar-refractivity contribution >= 4 is 16.9 Å². The van der Waals surface area contributed by atoms with Gasteiger partial charge in [0.2, 0.25) is 5.91 Å². The molecule has 0 spiro atoms. The number of para-hydroxylation sites is 2. The number of carbonyl (C=O) groups is 1. The molecule has 0 saturated carbocycles. The van der Waals surface area contributed by atoms with Crippen molar-refractivity contribution < 1.29 is 4.79 Å². The number of hydrogen-bond acceptors (Lipinski definition) is 4. The summed E-state index contributed by atoms with van der Waals surface area (Å²) in [7, 11) is 1.83. The van der Waals surface area contributed by atoms with E-state index in [2.05, 4.69) is 20.4 Å². The maximum Gasteiger partial charge on any atom is 0.270 e. The Balaban J connectivity index is 1.64. The normalized spacial score (nSPS) is 12.2. The van der Waals surface area contributed by atoms with Crippen LogP contribution in [-0.2, 0) is 18.3 Å². The molecule has 0 saturated heterocycles. The van der Waals surface area contributed by atoms with Gasteiger partial charge in [-0.1, -0.05) is 12.1 Å². The molecule has 0 aliphatic heterocycles. The Labute approximate surface area is 138 Å². The lowest BCUT2D eigenvalue weighted by Crippen LogP contribution is -2.27. The number of amides is 1. The van der Waals surface area contributed by atoms with Crippen molar-refractivity contribution in [1.82, 2.24) is 25.1 Å². The Morgan fingerprint density at radius 1 is 1.38 bits per heavy atom. The fourth-order valence-corrected chi connectivity index (χ4v) is 2.53. The Morgan fingerprint density at radius 3 is 2.92 bits per heavy atom. The number of aromatic nitrogens is 4. The van der Waals surface area contributed by atoms with E-state index in [1.165, 1.54) is 0 Å². The highest BCUT2D eigenvalue weighted by molar-refractivity contribution is 5.77. The molecule has 0 unspecified atom stereocenters. The van der Waals surface area contributed by atoms with E-state index in [9.17, 15) is 9.59 Å². The largest absolute Gasteiger partial charge is 0.349 e. The van der Waals surface area contributed by atoms with Gasteiger partial charge in [-0.15, -0.1) is 0 Å². The maximum atomic E-state index is 12.1. The summed E-state index contributed by atoms with van der Waals surface area (Å²) < 4.78 is 1.69. The van der Waals surface area contributed by atoms with E-state index < -0.39 is 0 Å². The molecule has 3 rings (SSSR count). The minimum atomic E-state index is -0.248. The number of hydrogen-bond donors (Lipinski definition) is 2. The quantitative estimate of drug-likeness (QED) is 0.743. The third-order valence-corrected chi connectivity index (χ3v) is 3.86. The molecule has 0 aliphatic carbocycles. The molecule has 0 fully saturated rings. The van der Waals surface area contributed by atoms with E-state index >= 15 is 0 Å². The Hall–Kier alpha value is -2.96. The third kappa shape index (κ3) is 3.51. The fourth-order valence-electron chi connectivity index (χ4n) is 2.53. The predicted octanol–water partition coefficient (Wildman–Crippen LogP) is 1.47. The first kappa shape index (κ1) is 15.9. The molecule has 3 aromatic rings.